The van der Waals surface area contributed by atoms with Gasteiger partial charge in [0.25, 0.3) is 11.2 Å². The number of aromatic nitrogens is 2. The highest BCUT2D eigenvalue weighted by atomic mass is 32.2. The molecule has 0 bridgehead atoms. The van der Waals surface area contributed by atoms with E-state index in [4.69, 9.17) is 0 Å². The van der Waals surface area contributed by atoms with E-state index in [1.807, 2.05) is 25.1 Å². The quantitative estimate of drug-likeness (QED) is 0.362. The maximum atomic E-state index is 11.9. The van der Waals surface area contributed by atoms with Gasteiger partial charge in [-0.3, -0.25) is 14.9 Å². The normalized spacial score (nSPS) is 18.5. The predicted molar refractivity (Wildman–Crippen MR) is 111 cm³/mol. The molecule has 2 heterocycles. The third kappa shape index (κ3) is 3.70. The van der Waals surface area contributed by atoms with Crippen LogP contribution in [0, 0.1) is 17.0 Å². The molecule has 28 heavy (non-hydrogen) atoms. The molecule has 0 N–H and O–H groups in total. The first-order valence-electron chi connectivity index (χ1n) is 8.72. The van der Waals surface area contributed by atoms with Crippen molar-refractivity contribution in [1.82, 2.24) is 9.55 Å². The third-order valence-corrected chi connectivity index (χ3v) is 7.16. The second kappa shape index (κ2) is 7.81. The number of thioether (sulfide) groups is 2. The van der Waals surface area contributed by atoms with Gasteiger partial charge in [0.2, 0.25) is 0 Å². The molecule has 6 nitrogen and oxygen atoms in total. The number of nitrogens with zero attached hydrogens (tertiary/aromatic N) is 3. The first kappa shape index (κ1) is 18.8. The minimum Gasteiger partial charge on any atom is -0.316 e. The zero-order valence-electron chi connectivity index (χ0n) is 15.0. The van der Waals surface area contributed by atoms with Gasteiger partial charge in [0, 0.05) is 39.8 Å². The van der Waals surface area contributed by atoms with Crippen LogP contribution < -0.4 is 5.56 Å². The third-order valence-electron chi connectivity index (χ3n) is 4.61. The fourth-order valence-electron chi connectivity index (χ4n) is 3.37. The van der Waals surface area contributed by atoms with Gasteiger partial charge in [-0.05, 0) is 24.6 Å². The molecule has 2 aromatic carbocycles. The van der Waals surface area contributed by atoms with Gasteiger partial charge in [-0.25, -0.2) is 0 Å². The molecule has 4 rings (SSSR count). The van der Waals surface area contributed by atoms with Crippen molar-refractivity contribution in [2.45, 2.75) is 28.3 Å². The molecular formula is C20H17N3O3S2. The first-order chi connectivity index (χ1) is 13.5. The lowest BCUT2D eigenvalue weighted by atomic mass is 10.0. The van der Waals surface area contributed by atoms with Gasteiger partial charge in [0.1, 0.15) is 0 Å². The highest BCUT2D eigenvalue weighted by Gasteiger charge is 2.33. The van der Waals surface area contributed by atoms with Gasteiger partial charge in [-0.1, -0.05) is 42.1 Å². The van der Waals surface area contributed by atoms with Crippen LogP contribution in [0.15, 0.2) is 75.5 Å². The molecule has 0 fully saturated rings. The van der Waals surface area contributed by atoms with Crippen molar-refractivity contribution >= 4 is 29.2 Å². The maximum Gasteiger partial charge on any atom is 0.273 e. The van der Waals surface area contributed by atoms with E-state index in [2.05, 4.69) is 21.7 Å². The minimum atomic E-state index is -0.390. The summed E-state index contributed by atoms with van der Waals surface area (Å²) in [4.78, 5) is 27.6. The highest BCUT2D eigenvalue weighted by Crippen LogP contribution is 2.43. The van der Waals surface area contributed by atoms with Crippen molar-refractivity contribution in [2.75, 3.05) is 5.75 Å². The second-order valence-corrected chi connectivity index (χ2v) is 8.76. The number of hydrogen-bond acceptors (Lipinski definition) is 6. The van der Waals surface area contributed by atoms with Crippen molar-refractivity contribution in [1.29, 1.82) is 0 Å². The van der Waals surface area contributed by atoms with E-state index in [0.29, 0.717) is 0 Å². The highest BCUT2D eigenvalue weighted by molar-refractivity contribution is 8.03. The molecule has 1 aromatic heterocycles. The van der Waals surface area contributed by atoms with E-state index in [1.54, 1.807) is 41.7 Å². The molecule has 1 aliphatic heterocycles. The zero-order chi connectivity index (χ0) is 19.7. The zero-order valence-corrected chi connectivity index (χ0v) is 16.7. The summed E-state index contributed by atoms with van der Waals surface area (Å²) in [7, 11) is 0. The number of nitro benzene ring substituents is 1. The molecule has 2 atom stereocenters. The Labute approximate surface area is 170 Å². The number of non-ortho nitro benzene ring substituents is 1. The van der Waals surface area contributed by atoms with Crippen LogP contribution in [-0.2, 0) is 0 Å². The summed E-state index contributed by atoms with van der Waals surface area (Å²) in [5, 5.41) is 11.8. The number of rotatable bonds is 4. The number of benzene rings is 2. The summed E-state index contributed by atoms with van der Waals surface area (Å²) in [6.07, 6.45) is 0. The Morgan fingerprint density at radius 1 is 1.18 bits per heavy atom. The molecule has 0 saturated heterocycles. The standard InChI is InChI=1S/C20H17N3O3S2/c1-13-11-18(24)21-20-22(13)19(14-5-3-2-4-6-14)17(12-27-20)28-16-9-7-15(8-10-16)23(25)26/h2-11,17,19H,12H2,1H3/t17-,19+/m1/s1. The summed E-state index contributed by atoms with van der Waals surface area (Å²) in [5.41, 5.74) is 1.90. The number of nitro groups is 1. The van der Waals surface area contributed by atoms with Crippen LogP contribution in [0.5, 0.6) is 0 Å². The van der Waals surface area contributed by atoms with E-state index < -0.39 is 0 Å². The van der Waals surface area contributed by atoms with Gasteiger partial charge in [0.15, 0.2) is 5.16 Å². The lowest BCUT2D eigenvalue weighted by molar-refractivity contribution is -0.384. The Hall–Kier alpha value is -2.58. The Kier molecular flexibility index (Phi) is 5.23. The fraction of sp³-hybridized carbons (Fsp3) is 0.200. The Bertz CT molecular complexity index is 1070. The molecule has 0 radical (unpaired) electrons. The minimum absolute atomic E-state index is 0.0192. The topological polar surface area (TPSA) is 78.0 Å². The summed E-state index contributed by atoms with van der Waals surface area (Å²) in [6, 6.07) is 18.4. The van der Waals surface area contributed by atoms with Crippen LogP contribution in [-0.4, -0.2) is 25.5 Å². The average molecular weight is 412 g/mol. The summed E-state index contributed by atoms with van der Waals surface area (Å²) in [5.74, 6) is 0.789. The predicted octanol–water partition coefficient (Wildman–Crippen LogP) is 4.32. The van der Waals surface area contributed by atoms with Crippen molar-refractivity contribution in [3.63, 3.8) is 0 Å². The van der Waals surface area contributed by atoms with Gasteiger partial charge < -0.3 is 4.57 Å². The van der Waals surface area contributed by atoms with Gasteiger partial charge >= 0.3 is 0 Å². The molecule has 0 amide bonds. The average Bonchev–Trinajstić information content (AvgIpc) is 2.69. The summed E-state index contributed by atoms with van der Waals surface area (Å²) < 4.78 is 2.13. The van der Waals surface area contributed by atoms with Gasteiger partial charge in [0.05, 0.1) is 11.0 Å². The Morgan fingerprint density at radius 2 is 1.89 bits per heavy atom. The van der Waals surface area contributed by atoms with Crippen molar-refractivity contribution in [3.05, 3.63) is 92.4 Å². The number of aryl methyl sites for hydroxylation is 1. The maximum absolute atomic E-state index is 11.9. The Morgan fingerprint density at radius 3 is 2.57 bits per heavy atom. The van der Waals surface area contributed by atoms with Crippen LogP contribution >= 0.6 is 23.5 Å². The summed E-state index contributed by atoms with van der Waals surface area (Å²) in [6.45, 7) is 1.93. The van der Waals surface area contributed by atoms with Crippen molar-refractivity contribution in [2.24, 2.45) is 0 Å². The number of hydrogen-bond donors (Lipinski definition) is 0. The van der Waals surface area contributed by atoms with Crippen LogP contribution in [0.3, 0.4) is 0 Å². The molecule has 0 aliphatic carbocycles. The molecular weight excluding hydrogens is 394 g/mol. The fourth-order valence-corrected chi connectivity index (χ4v) is 5.94. The molecule has 3 aromatic rings. The monoisotopic (exact) mass is 411 g/mol. The van der Waals surface area contributed by atoms with E-state index in [-0.39, 0.29) is 27.5 Å². The molecule has 0 spiro atoms. The second-order valence-electron chi connectivity index (χ2n) is 6.46. The van der Waals surface area contributed by atoms with Crippen molar-refractivity contribution in [3.8, 4) is 0 Å². The summed E-state index contributed by atoms with van der Waals surface area (Å²) >= 11 is 3.27. The van der Waals surface area contributed by atoms with E-state index in [9.17, 15) is 14.9 Å². The van der Waals surface area contributed by atoms with Crippen LogP contribution in [0.1, 0.15) is 17.3 Å². The molecule has 0 saturated carbocycles. The van der Waals surface area contributed by atoms with Gasteiger partial charge in [-0.15, -0.1) is 11.8 Å². The number of fused-ring (bicyclic) bond motifs is 1. The van der Waals surface area contributed by atoms with Gasteiger partial charge in [-0.2, -0.15) is 4.98 Å². The first-order valence-corrected chi connectivity index (χ1v) is 10.6. The smallest absolute Gasteiger partial charge is 0.273 e. The van der Waals surface area contributed by atoms with Crippen LogP contribution in [0.25, 0.3) is 0 Å². The van der Waals surface area contributed by atoms with E-state index in [1.165, 1.54) is 12.1 Å². The molecule has 0 unspecified atom stereocenters. The van der Waals surface area contributed by atoms with Crippen molar-refractivity contribution < 1.29 is 4.92 Å². The lowest BCUT2D eigenvalue weighted by Crippen LogP contribution is -2.33. The van der Waals surface area contributed by atoms with E-state index >= 15 is 0 Å². The molecule has 1 aliphatic rings. The molecule has 8 heteroatoms. The van der Waals surface area contributed by atoms with Crippen LogP contribution in [0.2, 0.25) is 0 Å². The van der Waals surface area contributed by atoms with E-state index in [0.717, 1.165) is 27.1 Å². The lowest BCUT2D eigenvalue weighted by Gasteiger charge is -2.35. The molecule has 142 valence electrons. The largest absolute Gasteiger partial charge is 0.316 e. The van der Waals surface area contributed by atoms with Crippen LogP contribution in [0.4, 0.5) is 5.69 Å². The Balaban J connectivity index is 1.74. The SMILES string of the molecule is Cc1cc(=O)nc2n1[C@@H](c1ccccc1)[C@H](Sc1ccc([N+](=O)[O-])cc1)CS2.